The van der Waals surface area contributed by atoms with Crippen molar-refractivity contribution in [3.63, 3.8) is 0 Å². The minimum atomic E-state index is -0.202. The highest BCUT2D eigenvalue weighted by molar-refractivity contribution is 5.76. The zero-order valence-corrected chi connectivity index (χ0v) is 8.41. The van der Waals surface area contributed by atoms with Gasteiger partial charge in [-0.05, 0) is 18.6 Å². The summed E-state index contributed by atoms with van der Waals surface area (Å²) in [6.45, 7) is 2.39. The molecule has 0 fully saturated rings. The van der Waals surface area contributed by atoms with Crippen LogP contribution in [0.4, 0.5) is 4.79 Å². The zero-order valence-electron chi connectivity index (χ0n) is 8.41. The number of hydrogen-bond acceptors (Lipinski definition) is 2. The number of aryl methyl sites for hydroxylation is 1. The zero-order chi connectivity index (χ0) is 10.7. The van der Waals surface area contributed by atoms with Crippen molar-refractivity contribution in [1.29, 1.82) is 0 Å². The molecule has 2 amide bonds. The van der Waals surface area contributed by atoms with E-state index in [0.29, 0.717) is 12.3 Å². The van der Waals surface area contributed by atoms with Crippen molar-refractivity contribution in [2.75, 3.05) is 6.54 Å². The van der Waals surface area contributed by atoms with Crippen LogP contribution in [-0.4, -0.2) is 12.6 Å². The SMILES string of the molecule is Cc1ccccc1OC1=CNC(=O)NC1. The van der Waals surface area contributed by atoms with Crippen LogP contribution >= 0.6 is 0 Å². The van der Waals surface area contributed by atoms with E-state index in [0.717, 1.165) is 11.3 Å². The molecule has 1 aromatic carbocycles. The summed E-state index contributed by atoms with van der Waals surface area (Å²) in [4.78, 5) is 10.8. The second kappa shape index (κ2) is 4.04. The number of rotatable bonds is 2. The first kappa shape index (κ1) is 9.58. The molecule has 1 aromatic rings. The number of urea groups is 1. The largest absolute Gasteiger partial charge is 0.458 e. The summed E-state index contributed by atoms with van der Waals surface area (Å²) in [5, 5.41) is 5.16. The van der Waals surface area contributed by atoms with Crippen molar-refractivity contribution in [2.45, 2.75) is 6.92 Å². The van der Waals surface area contributed by atoms with Crippen LogP contribution in [0.1, 0.15) is 5.56 Å². The van der Waals surface area contributed by atoms with E-state index in [1.807, 2.05) is 31.2 Å². The van der Waals surface area contributed by atoms with Gasteiger partial charge in [-0.15, -0.1) is 0 Å². The monoisotopic (exact) mass is 204 g/mol. The van der Waals surface area contributed by atoms with Gasteiger partial charge >= 0.3 is 6.03 Å². The molecule has 0 atom stereocenters. The number of amides is 2. The van der Waals surface area contributed by atoms with Gasteiger partial charge in [0.2, 0.25) is 0 Å². The molecule has 0 saturated heterocycles. The fraction of sp³-hybridized carbons (Fsp3) is 0.182. The Morgan fingerprint density at radius 3 is 2.80 bits per heavy atom. The van der Waals surface area contributed by atoms with Crippen molar-refractivity contribution in [2.24, 2.45) is 0 Å². The van der Waals surface area contributed by atoms with Crippen molar-refractivity contribution in [3.8, 4) is 5.75 Å². The standard InChI is InChI=1S/C11H12N2O2/c1-8-4-2-3-5-10(8)15-9-6-12-11(14)13-7-9/h2-6H,7H2,1H3,(H2,12,13,14). The molecule has 1 aliphatic heterocycles. The third-order valence-corrected chi connectivity index (χ3v) is 2.12. The number of para-hydroxylation sites is 1. The molecule has 2 N–H and O–H groups in total. The van der Waals surface area contributed by atoms with Gasteiger partial charge in [-0.25, -0.2) is 4.79 Å². The molecule has 1 heterocycles. The van der Waals surface area contributed by atoms with E-state index in [1.54, 1.807) is 6.20 Å². The summed E-state index contributed by atoms with van der Waals surface area (Å²) < 4.78 is 5.62. The van der Waals surface area contributed by atoms with Crippen LogP contribution in [0, 0.1) is 6.92 Å². The van der Waals surface area contributed by atoms with Crippen molar-refractivity contribution < 1.29 is 9.53 Å². The average Bonchev–Trinajstić information content (AvgIpc) is 2.25. The molecule has 4 nitrogen and oxygen atoms in total. The van der Waals surface area contributed by atoms with Crippen molar-refractivity contribution in [1.82, 2.24) is 10.6 Å². The minimum Gasteiger partial charge on any atom is -0.458 e. The van der Waals surface area contributed by atoms with Crippen LogP contribution in [0.15, 0.2) is 36.2 Å². The summed E-state index contributed by atoms with van der Waals surface area (Å²) in [7, 11) is 0. The maximum Gasteiger partial charge on any atom is 0.319 e. The Kier molecular flexibility index (Phi) is 2.58. The number of hydrogen-bond donors (Lipinski definition) is 2. The molecular formula is C11H12N2O2. The summed E-state index contributed by atoms with van der Waals surface area (Å²) in [6, 6.07) is 7.54. The highest BCUT2D eigenvalue weighted by Crippen LogP contribution is 2.18. The van der Waals surface area contributed by atoms with E-state index < -0.39 is 0 Å². The maximum atomic E-state index is 10.8. The molecule has 0 bridgehead atoms. The van der Waals surface area contributed by atoms with Gasteiger partial charge in [-0.1, -0.05) is 18.2 Å². The lowest BCUT2D eigenvalue weighted by Crippen LogP contribution is -2.39. The van der Waals surface area contributed by atoms with E-state index in [-0.39, 0.29) is 6.03 Å². The smallest absolute Gasteiger partial charge is 0.319 e. The topological polar surface area (TPSA) is 50.4 Å². The fourth-order valence-corrected chi connectivity index (χ4v) is 1.29. The van der Waals surface area contributed by atoms with Gasteiger partial charge in [-0.3, -0.25) is 0 Å². The number of nitrogens with one attached hydrogen (secondary N) is 2. The van der Waals surface area contributed by atoms with Crippen LogP contribution in [0.3, 0.4) is 0 Å². The number of carbonyl (C=O) groups is 1. The molecule has 0 spiro atoms. The van der Waals surface area contributed by atoms with Crippen LogP contribution in [0.2, 0.25) is 0 Å². The Balaban J connectivity index is 2.10. The lowest BCUT2D eigenvalue weighted by Gasteiger charge is -2.16. The third-order valence-electron chi connectivity index (χ3n) is 2.12. The van der Waals surface area contributed by atoms with E-state index >= 15 is 0 Å². The molecule has 1 aliphatic rings. The normalized spacial score (nSPS) is 15.0. The van der Waals surface area contributed by atoms with E-state index in [9.17, 15) is 4.79 Å². The van der Waals surface area contributed by atoms with Gasteiger partial charge in [0.25, 0.3) is 0 Å². The van der Waals surface area contributed by atoms with Gasteiger partial charge < -0.3 is 15.4 Å². The molecular weight excluding hydrogens is 192 g/mol. The molecule has 15 heavy (non-hydrogen) atoms. The first-order chi connectivity index (χ1) is 7.25. The van der Waals surface area contributed by atoms with Crippen LogP contribution < -0.4 is 15.4 Å². The van der Waals surface area contributed by atoms with Crippen LogP contribution in [-0.2, 0) is 0 Å². The highest BCUT2D eigenvalue weighted by Gasteiger charge is 2.10. The third kappa shape index (κ3) is 2.28. The average molecular weight is 204 g/mol. The lowest BCUT2D eigenvalue weighted by molar-refractivity contribution is 0.240. The van der Waals surface area contributed by atoms with Crippen molar-refractivity contribution >= 4 is 6.03 Å². The van der Waals surface area contributed by atoms with E-state index in [4.69, 9.17) is 4.74 Å². The summed E-state index contributed by atoms with van der Waals surface area (Å²) in [6.07, 6.45) is 1.57. The van der Waals surface area contributed by atoms with Crippen LogP contribution in [0.25, 0.3) is 0 Å². The van der Waals surface area contributed by atoms with Gasteiger partial charge in [0, 0.05) is 6.20 Å². The molecule has 78 valence electrons. The summed E-state index contributed by atoms with van der Waals surface area (Å²) >= 11 is 0. The summed E-state index contributed by atoms with van der Waals surface area (Å²) in [5.41, 5.74) is 1.07. The second-order valence-corrected chi connectivity index (χ2v) is 3.31. The highest BCUT2D eigenvalue weighted by atomic mass is 16.5. The fourth-order valence-electron chi connectivity index (χ4n) is 1.29. The van der Waals surface area contributed by atoms with Crippen LogP contribution in [0.5, 0.6) is 5.75 Å². The molecule has 2 rings (SSSR count). The Hall–Kier alpha value is -1.97. The predicted octanol–water partition coefficient (Wildman–Crippen LogP) is 1.53. The molecule has 0 aromatic heterocycles. The Morgan fingerprint density at radius 2 is 2.13 bits per heavy atom. The van der Waals surface area contributed by atoms with Gasteiger partial charge in [0.1, 0.15) is 11.5 Å². The first-order valence-electron chi connectivity index (χ1n) is 4.72. The number of carbonyl (C=O) groups excluding carboxylic acids is 1. The molecule has 0 unspecified atom stereocenters. The molecule has 4 heteroatoms. The Morgan fingerprint density at radius 1 is 1.33 bits per heavy atom. The summed E-state index contributed by atoms with van der Waals surface area (Å²) in [5.74, 6) is 1.51. The molecule has 0 saturated carbocycles. The lowest BCUT2D eigenvalue weighted by atomic mass is 10.2. The number of benzene rings is 1. The minimum absolute atomic E-state index is 0.202. The Bertz CT molecular complexity index is 413. The second-order valence-electron chi connectivity index (χ2n) is 3.31. The van der Waals surface area contributed by atoms with E-state index in [2.05, 4.69) is 10.6 Å². The Labute approximate surface area is 87.9 Å². The number of ether oxygens (including phenoxy) is 1. The predicted molar refractivity (Wildman–Crippen MR) is 56.4 cm³/mol. The quantitative estimate of drug-likeness (QED) is 0.767. The van der Waals surface area contributed by atoms with Gasteiger partial charge in [0.15, 0.2) is 0 Å². The maximum absolute atomic E-state index is 10.8. The van der Waals surface area contributed by atoms with E-state index in [1.165, 1.54) is 0 Å². The molecule has 0 aliphatic carbocycles. The molecule has 0 radical (unpaired) electrons. The first-order valence-corrected chi connectivity index (χ1v) is 4.72. The van der Waals surface area contributed by atoms with Crippen molar-refractivity contribution in [3.05, 3.63) is 41.8 Å². The van der Waals surface area contributed by atoms with Gasteiger partial charge in [-0.2, -0.15) is 0 Å². The van der Waals surface area contributed by atoms with Gasteiger partial charge in [0.05, 0.1) is 6.54 Å².